The van der Waals surface area contributed by atoms with E-state index in [2.05, 4.69) is 59.8 Å². The highest BCUT2D eigenvalue weighted by Crippen LogP contribution is 2.71. The molecule has 0 spiro atoms. The maximum absolute atomic E-state index is 12.8. The predicted octanol–water partition coefficient (Wildman–Crippen LogP) is 7.64. The monoisotopic (exact) mass is 436 g/mol. The highest BCUT2D eigenvalue weighted by Gasteiger charge is 2.63. The molecule has 0 aromatic heterocycles. The molecule has 2 heteroatoms. The number of fused-ring (bicyclic) bond motifs is 5. The van der Waals surface area contributed by atoms with Gasteiger partial charge in [0.25, 0.3) is 0 Å². The van der Waals surface area contributed by atoms with E-state index in [0.29, 0.717) is 23.5 Å². The number of carbonyl (C=O) groups excluding carboxylic acids is 2. The summed E-state index contributed by atoms with van der Waals surface area (Å²) in [7, 11) is 0. The highest BCUT2D eigenvalue weighted by atomic mass is 16.1. The quantitative estimate of drug-likeness (QED) is 0.328. The van der Waals surface area contributed by atoms with Crippen molar-refractivity contribution in [3.8, 4) is 0 Å². The van der Waals surface area contributed by atoms with Crippen LogP contribution in [0.2, 0.25) is 0 Å². The molecule has 2 fully saturated rings. The van der Waals surface area contributed by atoms with Crippen molar-refractivity contribution in [1.82, 2.24) is 0 Å². The average molecular weight is 437 g/mol. The van der Waals surface area contributed by atoms with E-state index in [1.54, 1.807) is 11.1 Å². The lowest BCUT2D eigenvalue weighted by Gasteiger charge is -2.59. The van der Waals surface area contributed by atoms with Gasteiger partial charge in [-0.3, -0.25) is 9.59 Å². The number of Topliss-reactive ketones (excluding diaryl/α,β-unsaturated/α-hetero) is 1. The Morgan fingerprint density at radius 3 is 2.53 bits per heavy atom. The van der Waals surface area contributed by atoms with Gasteiger partial charge in [-0.15, -0.1) is 0 Å². The lowest BCUT2D eigenvalue weighted by Crippen LogP contribution is -2.53. The van der Waals surface area contributed by atoms with Gasteiger partial charge in [-0.25, -0.2) is 0 Å². The molecular weight excluding hydrogens is 392 g/mol. The number of hydrogen-bond donors (Lipinski definition) is 0. The molecular formula is C30H44O2. The first-order chi connectivity index (χ1) is 14.9. The van der Waals surface area contributed by atoms with E-state index in [0.717, 1.165) is 50.4 Å². The average Bonchev–Trinajstić information content (AvgIpc) is 3.02. The zero-order valence-corrected chi connectivity index (χ0v) is 21.5. The zero-order valence-electron chi connectivity index (χ0n) is 21.5. The van der Waals surface area contributed by atoms with Crippen LogP contribution >= 0.6 is 0 Å². The molecule has 0 N–H and O–H groups in total. The van der Waals surface area contributed by atoms with Gasteiger partial charge in [0.1, 0.15) is 12.1 Å². The molecule has 4 aliphatic rings. The van der Waals surface area contributed by atoms with Crippen LogP contribution in [0, 0.1) is 39.4 Å². The molecule has 0 unspecified atom stereocenters. The Morgan fingerprint density at radius 1 is 1.12 bits per heavy atom. The molecule has 0 radical (unpaired) electrons. The minimum Gasteiger partial charge on any atom is -0.299 e. The molecule has 2 saturated carbocycles. The van der Waals surface area contributed by atoms with Crippen LogP contribution in [0.25, 0.3) is 0 Å². The number of rotatable bonds is 5. The maximum atomic E-state index is 12.8. The van der Waals surface area contributed by atoms with Crippen LogP contribution in [0.1, 0.15) is 99.8 Å². The van der Waals surface area contributed by atoms with Crippen molar-refractivity contribution < 1.29 is 9.59 Å². The summed E-state index contributed by atoms with van der Waals surface area (Å²) in [5.74, 6) is 2.25. The van der Waals surface area contributed by atoms with Gasteiger partial charge in [-0.1, -0.05) is 59.8 Å². The summed E-state index contributed by atoms with van der Waals surface area (Å²) < 4.78 is 0. The molecule has 0 aliphatic heterocycles. The van der Waals surface area contributed by atoms with Crippen LogP contribution in [0.3, 0.4) is 0 Å². The smallest absolute Gasteiger partial charge is 0.145 e. The number of ketones is 1. The zero-order chi connectivity index (χ0) is 23.5. The van der Waals surface area contributed by atoms with Gasteiger partial charge in [-0.05, 0) is 103 Å². The molecule has 6 atom stereocenters. The third kappa shape index (κ3) is 3.18. The Balaban J connectivity index is 1.64. The predicted molar refractivity (Wildman–Crippen MR) is 132 cm³/mol. The van der Waals surface area contributed by atoms with Crippen molar-refractivity contribution in [3.63, 3.8) is 0 Å². The molecule has 4 rings (SSSR count). The Bertz CT molecular complexity index is 902. The largest absolute Gasteiger partial charge is 0.299 e. The second kappa shape index (κ2) is 7.81. The molecule has 0 aromatic rings. The SMILES string of the molecule is C/C(C=O)=C\CC[C@@H](C)[C@H]1CC[C@@]2(C)C3=CC[C@H]4C(C)(C)C(=O)CC[C@]4(C)C3=CC[C@]12C. The summed E-state index contributed by atoms with van der Waals surface area (Å²) in [6.07, 6.45) is 16.9. The normalized spacial score (nSPS) is 41.7. The Labute approximate surface area is 196 Å². The van der Waals surface area contributed by atoms with Gasteiger partial charge in [-0.2, -0.15) is 0 Å². The van der Waals surface area contributed by atoms with E-state index in [1.165, 1.54) is 12.8 Å². The molecule has 0 bridgehead atoms. The topological polar surface area (TPSA) is 34.1 Å². The van der Waals surface area contributed by atoms with Crippen LogP contribution in [0.5, 0.6) is 0 Å². The fourth-order valence-corrected chi connectivity index (χ4v) is 8.58. The summed E-state index contributed by atoms with van der Waals surface area (Å²) in [4.78, 5) is 23.7. The summed E-state index contributed by atoms with van der Waals surface area (Å²) in [5, 5.41) is 0. The number of carbonyl (C=O) groups is 2. The van der Waals surface area contributed by atoms with Crippen LogP contribution in [-0.2, 0) is 9.59 Å². The summed E-state index contributed by atoms with van der Waals surface area (Å²) in [6.45, 7) is 16.3. The summed E-state index contributed by atoms with van der Waals surface area (Å²) in [5.41, 5.74) is 4.49. The van der Waals surface area contributed by atoms with Gasteiger partial charge >= 0.3 is 0 Å². The van der Waals surface area contributed by atoms with Gasteiger partial charge in [0, 0.05) is 11.8 Å². The standard InChI is InChI=1S/C30H44O2/c1-20(19-31)9-8-10-21(2)22-13-17-30(7)24-11-12-25-27(3,4)26(32)15-16-28(25,5)23(24)14-18-29(22,30)6/h9,11,14,19,21-22,25H,8,10,12-13,15-18H2,1-7H3/b20-9+/t21-,22-,25+,28-,29-,30+/m1/s1. The molecule has 2 nitrogen and oxygen atoms in total. The van der Waals surface area contributed by atoms with Crippen molar-refractivity contribution in [1.29, 1.82) is 0 Å². The molecule has 0 amide bonds. The minimum atomic E-state index is -0.225. The number of hydrogen-bond acceptors (Lipinski definition) is 2. The Morgan fingerprint density at radius 2 is 1.84 bits per heavy atom. The van der Waals surface area contributed by atoms with E-state index in [1.807, 2.05) is 6.92 Å². The van der Waals surface area contributed by atoms with Crippen LogP contribution in [0.4, 0.5) is 0 Å². The van der Waals surface area contributed by atoms with Crippen LogP contribution in [-0.4, -0.2) is 12.1 Å². The van der Waals surface area contributed by atoms with Gasteiger partial charge in [0.2, 0.25) is 0 Å². The number of aldehydes is 1. The molecule has 176 valence electrons. The molecule has 0 aromatic carbocycles. The fourth-order valence-electron chi connectivity index (χ4n) is 8.58. The molecule has 4 aliphatic carbocycles. The van der Waals surface area contributed by atoms with Crippen molar-refractivity contribution in [3.05, 3.63) is 34.9 Å². The van der Waals surface area contributed by atoms with Gasteiger partial charge in [0.05, 0.1) is 0 Å². The van der Waals surface area contributed by atoms with E-state index in [-0.39, 0.29) is 21.7 Å². The van der Waals surface area contributed by atoms with Crippen molar-refractivity contribution >= 4 is 12.1 Å². The lowest BCUT2D eigenvalue weighted by atomic mass is 9.44. The van der Waals surface area contributed by atoms with Crippen LogP contribution in [0.15, 0.2) is 34.9 Å². The summed E-state index contributed by atoms with van der Waals surface area (Å²) >= 11 is 0. The molecule has 0 saturated heterocycles. The second-order valence-electron chi connectivity index (χ2n) is 12.8. The Kier molecular flexibility index (Phi) is 5.79. The third-order valence-corrected chi connectivity index (χ3v) is 11.0. The van der Waals surface area contributed by atoms with E-state index in [4.69, 9.17) is 0 Å². The fraction of sp³-hybridized carbons (Fsp3) is 0.733. The third-order valence-electron chi connectivity index (χ3n) is 11.0. The lowest BCUT2D eigenvalue weighted by molar-refractivity contribution is -0.138. The first-order valence-electron chi connectivity index (χ1n) is 13.0. The first kappa shape index (κ1) is 23.7. The summed E-state index contributed by atoms with van der Waals surface area (Å²) in [6, 6.07) is 0. The Hall–Kier alpha value is -1.44. The highest BCUT2D eigenvalue weighted by molar-refractivity contribution is 5.86. The maximum Gasteiger partial charge on any atom is 0.145 e. The minimum absolute atomic E-state index is 0.132. The van der Waals surface area contributed by atoms with E-state index >= 15 is 0 Å². The van der Waals surface area contributed by atoms with E-state index < -0.39 is 0 Å². The van der Waals surface area contributed by atoms with Crippen molar-refractivity contribution in [2.75, 3.05) is 0 Å². The number of allylic oxidation sites excluding steroid dienone is 6. The van der Waals surface area contributed by atoms with Gasteiger partial charge < -0.3 is 0 Å². The first-order valence-corrected chi connectivity index (χ1v) is 13.0. The molecule has 0 heterocycles. The molecule has 32 heavy (non-hydrogen) atoms. The van der Waals surface area contributed by atoms with E-state index in [9.17, 15) is 9.59 Å². The second-order valence-corrected chi connectivity index (χ2v) is 12.8. The van der Waals surface area contributed by atoms with Crippen molar-refractivity contribution in [2.24, 2.45) is 39.4 Å². The van der Waals surface area contributed by atoms with Crippen molar-refractivity contribution in [2.45, 2.75) is 99.8 Å². The van der Waals surface area contributed by atoms with Gasteiger partial charge in [0.15, 0.2) is 0 Å². The van der Waals surface area contributed by atoms with Crippen LogP contribution < -0.4 is 0 Å².